The molecule has 0 bridgehead atoms. The van der Waals surface area contributed by atoms with Crippen LogP contribution in [0.1, 0.15) is 26.3 Å². The molecule has 0 fully saturated rings. The van der Waals surface area contributed by atoms with Crippen molar-refractivity contribution in [2.45, 2.75) is 27.7 Å². The van der Waals surface area contributed by atoms with Crippen molar-refractivity contribution in [3.8, 4) is 0 Å². The largest absolute Gasteiger partial charge is 0.399 e. The molecule has 1 rings (SSSR count). The molecule has 2 nitrogen and oxygen atoms in total. The van der Waals surface area contributed by atoms with Gasteiger partial charge in [0.05, 0.1) is 0 Å². The Morgan fingerprint density at radius 3 is 2.47 bits per heavy atom. The van der Waals surface area contributed by atoms with Crippen LogP contribution in [-0.4, -0.2) is 13.1 Å². The zero-order valence-electron chi connectivity index (χ0n) is 10.2. The maximum absolute atomic E-state index is 5.81. The molecule has 0 amide bonds. The predicted octanol–water partition coefficient (Wildman–Crippen LogP) is 3.06. The molecule has 0 unspecified atom stereocenters. The zero-order valence-corrected chi connectivity index (χ0v) is 10.2. The van der Waals surface area contributed by atoms with E-state index in [9.17, 15) is 0 Å². The van der Waals surface area contributed by atoms with Gasteiger partial charge in [-0.25, -0.2) is 0 Å². The van der Waals surface area contributed by atoms with E-state index < -0.39 is 0 Å². The Morgan fingerprint density at radius 1 is 1.33 bits per heavy atom. The fourth-order valence-electron chi connectivity index (χ4n) is 1.71. The van der Waals surface area contributed by atoms with Crippen LogP contribution < -0.4 is 10.6 Å². The highest BCUT2D eigenvalue weighted by molar-refractivity contribution is 5.58. The molecule has 2 N–H and O–H groups in total. The minimum Gasteiger partial charge on any atom is -0.399 e. The lowest BCUT2D eigenvalue weighted by Crippen LogP contribution is -2.27. The van der Waals surface area contributed by atoms with Crippen molar-refractivity contribution >= 4 is 11.4 Å². The molecule has 1 aromatic carbocycles. The molecular weight excluding hydrogens is 184 g/mol. The smallest absolute Gasteiger partial charge is 0.0370 e. The van der Waals surface area contributed by atoms with Crippen LogP contribution in [0, 0.1) is 12.8 Å². The van der Waals surface area contributed by atoms with E-state index in [0.717, 1.165) is 24.3 Å². The van der Waals surface area contributed by atoms with Gasteiger partial charge in [0.15, 0.2) is 0 Å². The summed E-state index contributed by atoms with van der Waals surface area (Å²) in [6.45, 7) is 10.9. The lowest BCUT2D eigenvalue weighted by atomic mass is 10.1. The van der Waals surface area contributed by atoms with Gasteiger partial charge in [-0.05, 0) is 43.5 Å². The van der Waals surface area contributed by atoms with E-state index in [-0.39, 0.29) is 0 Å². The average Bonchev–Trinajstić information content (AvgIpc) is 2.18. The fourth-order valence-corrected chi connectivity index (χ4v) is 1.71. The van der Waals surface area contributed by atoms with Crippen molar-refractivity contribution in [2.75, 3.05) is 23.7 Å². The second-order valence-electron chi connectivity index (χ2n) is 4.47. The molecule has 0 aliphatic carbocycles. The molecule has 0 atom stereocenters. The van der Waals surface area contributed by atoms with E-state index in [0.29, 0.717) is 5.92 Å². The first-order chi connectivity index (χ1) is 7.04. The molecule has 0 radical (unpaired) electrons. The molecule has 0 saturated heterocycles. The Morgan fingerprint density at radius 2 is 2.00 bits per heavy atom. The number of hydrogen-bond acceptors (Lipinski definition) is 2. The predicted molar refractivity (Wildman–Crippen MR) is 68.3 cm³/mol. The summed E-state index contributed by atoms with van der Waals surface area (Å²) in [5.74, 6) is 0.683. The van der Waals surface area contributed by atoms with Crippen LogP contribution in [0.2, 0.25) is 0 Å². The molecule has 2 heteroatoms. The van der Waals surface area contributed by atoms with Gasteiger partial charge in [-0.15, -0.1) is 0 Å². The summed E-state index contributed by atoms with van der Waals surface area (Å²) in [5.41, 5.74) is 9.13. The monoisotopic (exact) mass is 206 g/mol. The minimum atomic E-state index is 0.683. The molecule has 1 aromatic rings. The van der Waals surface area contributed by atoms with Crippen LogP contribution in [0.5, 0.6) is 0 Å². The second-order valence-corrected chi connectivity index (χ2v) is 4.47. The molecule has 15 heavy (non-hydrogen) atoms. The average molecular weight is 206 g/mol. The third-order valence-corrected chi connectivity index (χ3v) is 2.59. The highest BCUT2D eigenvalue weighted by Gasteiger charge is 2.07. The van der Waals surface area contributed by atoms with E-state index in [2.05, 4.69) is 44.7 Å². The third-order valence-electron chi connectivity index (χ3n) is 2.59. The maximum atomic E-state index is 5.81. The Hall–Kier alpha value is -1.18. The molecule has 0 saturated carbocycles. The molecular formula is C13H22N2. The van der Waals surface area contributed by atoms with E-state index in [1.54, 1.807) is 0 Å². The number of anilines is 2. The number of aryl methyl sites for hydroxylation is 1. The van der Waals surface area contributed by atoms with Gasteiger partial charge >= 0.3 is 0 Å². The van der Waals surface area contributed by atoms with Crippen molar-refractivity contribution in [3.63, 3.8) is 0 Å². The van der Waals surface area contributed by atoms with Crippen molar-refractivity contribution in [2.24, 2.45) is 5.92 Å². The maximum Gasteiger partial charge on any atom is 0.0370 e. The van der Waals surface area contributed by atoms with Crippen LogP contribution in [0.25, 0.3) is 0 Å². The first-order valence-electron chi connectivity index (χ1n) is 5.65. The van der Waals surface area contributed by atoms with Gasteiger partial charge in [-0.2, -0.15) is 0 Å². The SMILES string of the molecule is CCN(CC(C)C)c1ccc(N)c(C)c1. The summed E-state index contributed by atoms with van der Waals surface area (Å²) in [6, 6.07) is 6.27. The third kappa shape index (κ3) is 3.15. The van der Waals surface area contributed by atoms with Gasteiger partial charge in [0.1, 0.15) is 0 Å². The number of benzene rings is 1. The van der Waals surface area contributed by atoms with Crippen LogP contribution >= 0.6 is 0 Å². The molecule has 84 valence electrons. The fraction of sp³-hybridized carbons (Fsp3) is 0.538. The number of hydrogen-bond donors (Lipinski definition) is 1. The van der Waals surface area contributed by atoms with Gasteiger partial charge < -0.3 is 10.6 Å². The molecule has 0 heterocycles. The van der Waals surface area contributed by atoms with E-state index in [1.807, 2.05) is 6.07 Å². The summed E-state index contributed by atoms with van der Waals surface area (Å²) in [5, 5.41) is 0. The highest BCUT2D eigenvalue weighted by atomic mass is 15.1. The Bertz CT molecular complexity index is 318. The van der Waals surface area contributed by atoms with Gasteiger partial charge in [-0.3, -0.25) is 0 Å². The summed E-state index contributed by atoms with van der Waals surface area (Å²) >= 11 is 0. The van der Waals surface area contributed by atoms with Crippen molar-refractivity contribution in [1.29, 1.82) is 0 Å². The molecule has 0 aliphatic heterocycles. The molecule has 0 spiro atoms. The number of nitrogens with zero attached hydrogens (tertiary/aromatic N) is 1. The van der Waals surface area contributed by atoms with Crippen LogP contribution in [0.15, 0.2) is 18.2 Å². The standard InChI is InChI=1S/C13H22N2/c1-5-15(9-10(2)3)12-6-7-13(14)11(4)8-12/h6-8,10H,5,9,14H2,1-4H3. The first-order valence-corrected chi connectivity index (χ1v) is 5.65. The van der Waals surface area contributed by atoms with Crippen molar-refractivity contribution in [3.05, 3.63) is 23.8 Å². The quantitative estimate of drug-likeness (QED) is 0.767. The topological polar surface area (TPSA) is 29.3 Å². The molecule has 0 aliphatic rings. The summed E-state index contributed by atoms with van der Waals surface area (Å²) < 4.78 is 0. The van der Waals surface area contributed by atoms with Crippen LogP contribution in [0.3, 0.4) is 0 Å². The second kappa shape index (κ2) is 5.06. The zero-order chi connectivity index (χ0) is 11.4. The van der Waals surface area contributed by atoms with Crippen LogP contribution in [0.4, 0.5) is 11.4 Å². The Kier molecular flexibility index (Phi) is 4.01. The van der Waals surface area contributed by atoms with Crippen molar-refractivity contribution < 1.29 is 0 Å². The van der Waals surface area contributed by atoms with Crippen molar-refractivity contribution in [1.82, 2.24) is 0 Å². The van der Waals surface area contributed by atoms with E-state index >= 15 is 0 Å². The lowest BCUT2D eigenvalue weighted by Gasteiger charge is -2.25. The van der Waals surface area contributed by atoms with Gasteiger partial charge in [0.2, 0.25) is 0 Å². The lowest BCUT2D eigenvalue weighted by molar-refractivity contribution is 0.619. The number of rotatable bonds is 4. The van der Waals surface area contributed by atoms with Gasteiger partial charge in [0.25, 0.3) is 0 Å². The Labute approximate surface area is 93.1 Å². The van der Waals surface area contributed by atoms with E-state index in [1.165, 1.54) is 5.69 Å². The summed E-state index contributed by atoms with van der Waals surface area (Å²) in [6.07, 6.45) is 0. The normalized spacial score (nSPS) is 10.7. The summed E-state index contributed by atoms with van der Waals surface area (Å²) in [7, 11) is 0. The minimum absolute atomic E-state index is 0.683. The number of nitrogens with two attached hydrogens (primary N) is 1. The highest BCUT2D eigenvalue weighted by Crippen LogP contribution is 2.21. The van der Waals surface area contributed by atoms with Gasteiger partial charge in [0, 0.05) is 24.5 Å². The van der Waals surface area contributed by atoms with E-state index in [4.69, 9.17) is 5.73 Å². The van der Waals surface area contributed by atoms with Gasteiger partial charge in [-0.1, -0.05) is 13.8 Å². The number of nitrogen functional groups attached to an aromatic ring is 1. The Balaban J connectivity index is 2.87. The summed E-state index contributed by atoms with van der Waals surface area (Å²) in [4.78, 5) is 2.39. The first kappa shape index (κ1) is 11.9. The van der Waals surface area contributed by atoms with Crippen LogP contribution in [-0.2, 0) is 0 Å². The molecule has 0 aromatic heterocycles.